The molecule has 1 fully saturated rings. The number of nitrogens with zero attached hydrogens (tertiary/aromatic N) is 2. The van der Waals surface area contributed by atoms with Gasteiger partial charge >= 0.3 is 0 Å². The molecular formula is C21H28N2O5S. The van der Waals surface area contributed by atoms with E-state index in [-0.39, 0.29) is 4.90 Å². The molecule has 0 aromatic heterocycles. The Hall–Kier alpha value is -2.29. The second kappa shape index (κ2) is 9.47. The third-order valence-corrected chi connectivity index (χ3v) is 6.91. The lowest BCUT2D eigenvalue weighted by atomic mass is 10.2. The molecule has 2 aromatic carbocycles. The summed E-state index contributed by atoms with van der Waals surface area (Å²) in [5, 5.41) is 0. The first-order chi connectivity index (χ1) is 13.9. The van der Waals surface area contributed by atoms with Crippen molar-refractivity contribution in [1.82, 2.24) is 9.21 Å². The van der Waals surface area contributed by atoms with Gasteiger partial charge in [-0.05, 0) is 36.8 Å². The second-order valence-corrected chi connectivity index (χ2v) is 8.83. The van der Waals surface area contributed by atoms with Crippen LogP contribution in [0.4, 0.5) is 0 Å². The number of benzene rings is 2. The fourth-order valence-electron chi connectivity index (χ4n) is 3.32. The van der Waals surface area contributed by atoms with Gasteiger partial charge in [0.25, 0.3) is 0 Å². The van der Waals surface area contributed by atoms with Crippen molar-refractivity contribution in [1.29, 1.82) is 0 Å². The molecule has 0 unspecified atom stereocenters. The lowest BCUT2D eigenvalue weighted by Gasteiger charge is -2.34. The van der Waals surface area contributed by atoms with Crippen LogP contribution < -0.4 is 14.2 Å². The molecule has 0 bridgehead atoms. The number of hydrogen-bond acceptors (Lipinski definition) is 6. The first-order valence-electron chi connectivity index (χ1n) is 9.58. The molecule has 1 aliphatic heterocycles. The average Bonchev–Trinajstić information content (AvgIpc) is 2.73. The summed E-state index contributed by atoms with van der Waals surface area (Å²) in [6, 6.07) is 12.8. The van der Waals surface area contributed by atoms with Crippen molar-refractivity contribution in [2.75, 3.05) is 53.6 Å². The fraction of sp³-hybridized carbons (Fsp3) is 0.429. The van der Waals surface area contributed by atoms with E-state index in [1.165, 1.54) is 24.6 Å². The molecule has 0 aliphatic carbocycles. The van der Waals surface area contributed by atoms with Gasteiger partial charge in [-0.25, -0.2) is 8.42 Å². The van der Waals surface area contributed by atoms with Crippen LogP contribution in [0, 0.1) is 6.92 Å². The molecule has 8 heteroatoms. The van der Waals surface area contributed by atoms with E-state index in [0.29, 0.717) is 44.3 Å². The Morgan fingerprint density at radius 1 is 0.931 bits per heavy atom. The van der Waals surface area contributed by atoms with Crippen LogP contribution in [-0.2, 0) is 10.0 Å². The summed E-state index contributed by atoms with van der Waals surface area (Å²) in [6.45, 7) is 5.51. The van der Waals surface area contributed by atoms with Crippen molar-refractivity contribution in [3.05, 3.63) is 48.0 Å². The van der Waals surface area contributed by atoms with Crippen LogP contribution in [0.2, 0.25) is 0 Å². The Morgan fingerprint density at radius 3 is 2.34 bits per heavy atom. The van der Waals surface area contributed by atoms with Gasteiger partial charge in [0.15, 0.2) is 0 Å². The van der Waals surface area contributed by atoms with Crippen LogP contribution in [0.5, 0.6) is 17.2 Å². The summed E-state index contributed by atoms with van der Waals surface area (Å²) < 4.78 is 44.0. The summed E-state index contributed by atoms with van der Waals surface area (Å²) in [4.78, 5) is 2.35. The van der Waals surface area contributed by atoms with E-state index in [1.807, 2.05) is 31.2 Å². The third-order valence-electron chi connectivity index (χ3n) is 4.99. The molecule has 0 atom stereocenters. The van der Waals surface area contributed by atoms with Crippen molar-refractivity contribution < 1.29 is 22.6 Å². The Bertz CT molecular complexity index is 924. The number of piperazine rings is 1. The first kappa shape index (κ1) is 21.4. The molecular weight excluding hydrogens is 392 g/mol. The summed E-state index contributed by atoms with van der Waals surface area (Å²) in [5.41, 5.74) is 1.16. The highest BCUT2D eigenvalue weighted by atomic mass is 32.2. The van der Waals surface area contributed by atoms with Crippen LogP contribution >= 0.6 is 0 Å². The molecule has 0 spiro atoms. The normalized spacial score (nSPS) is 15.8. The smallest absolute Gasteiger partial charge is 0.246 e. The van der Waals surface area contributed by atoms with E-state index >= 15 is 0 Å². The molecule has 1 saturated heterocycles. The Labute approximate surface area is 172 Å². The Morgan fingerprint density at radius 2 is 1.69 bits per heavy atom. The van der Waals surface area contributed by atoms with Gasteiger partial charge in [0.05, 0.1) is 14.2 Å². The van der Waals surface area contributed by atoms with Crippen LogP contribution in [-0.4, -0.2) is 71.2 Å². The van der Waals surface area contributed by atoms with Crippen LogP contribution in [0.15, 0.2) is 47.4 Å². The van der Waals surface area contributed by atoms with Gasteiger partial charge in [-0.15, -0.1) is 0 Å². The minimum atomic E-state index is -3.66. The van der Waals surface area contributed by atoms with E-state index in [2.05, 4.69) is 4.90 Å². The van der Waals surface area contributed by atoms with Gasteiger partial charge in [-0.1, -0.05) is 12.1 Å². The summed E-state index contributed by atoms with van der Waals surface area (Å²) >= 11 is 0. The van der Waals surface area contributed by atoms with Gasteiger partial charge in [0, 0.05) is 38.8 Å². The van der Waals surface area contributed by atoms with Crippen molar-refractivity contribution in [2.45, 2.75) is 11.8 Å². The number of rotatable bonds is 8. The molecule has 1 heterocycles. The molecule has 158 valence electrons. The first-order valence-corrected chi connectivity index (χ1v) is 11.0. The van der Waals surface area contributed by atoms with Crippen molar-refractivity contribution in [3.8, 4) is 17.2 Å². The molecule has 1 aliphatic rings. The summed E-state index contributed by atoms with van der Waals surface area (Å²) in [6.07, 6.45) is 0. The maximum Gasteiger partial charge on any atom is 0.246 e. The molecule has 0 saturated carbocycles. The van der Waals surface area contributed by atoms with Gasteiger partial charge < -0.3 is 14.2 Å². The predicted octanol–water partition coefficient (Wildman–Crippen LogP) is 2.40. The predicted molar refractivity (Wildman–Crippen MR) is 111 cm³/mol. The lowest BCUT2D eigenvalue weighted by Crippen LogP contribution is -2.49. The third kappa shape index (κ3) is 5.20. The van der Waals surface area contributed by atoms with Gasteiger partial charge in [0.2, 0.25) is 10.0 Å². The number of methoxy groups -OCH3 is 2. The SMILES string of the molecule is COc1ccc(OC)c(S(=O)(=O)N2CCN(CCOc3cccc(C)c3)CC2)c1. The summed E-state index contributed by atoms with van der Waals surface area (Å²) in [5.74, 6) is 1.66. The topological polar surface area (TPSA) is 68.3 Å². The Balaban J connectivity index is 1.57. The fourth-order valence-corrected chi connectivity index (χ4v) is 4.91. The zero-order valence-electron chi connectivity index (χ0n) is 17.1. The van der Waals surface area contributed by atoms with E-state index in [9.17, 15) is 8.42 Å². The monoisotopic (exact) mass is 420 g/mol. The minimum Gasteiger partial charge on any atom is -0.497 e. The number of sulfonamides is 1. The van der Waals surface area contributed by atoms with Crippen LogP contribution in [0.3, 0.4) is 0 Å². The zero-order chi connectivity index (χ0) is 20.9. The number of aryl methyl sites for hydroxylation is 1. The number of hydrogen-bond donors (Lipinski definition) is 0. The molecule has 7 nitrogen and oxygen atoms in total. The quantitative estimate of drug-likeness (QED) is 0.653. The minimum absolute atomic E-state index is 0.135. The maximum atomic E-state index is 13.1. The van der Waals surface area contributed by atoms with Crippen molar-refractivity contribution >= 4 is 10.0 Å². The maximum absolute atomic E-state index is 13.1. The zero-order valence-corrected chi connectivity index (χ0v) is 17.9. The molecule has 3 rings (SSSR count). The average molecular weight is 421 g/mol. The van der Waals surface area contributed by atoms with E-state index in [4.69, 9.17) is 14.2 Å². The summed E-state index contributed by atoms with van der Waals surface area (Å²) in [7, 11) is -0.684. The second-order valence-electron chi connectivity index (χ2n) is 6.93. The van der Waals surface area contributed by atoms with E-state index < -0.39 is 10.0 Å². The van der Waals surface area contributed by atoms with Gasteiger partial charge in [0.1, 0.15) is 28.8 Å². The molecule has 2 aromatic rings. The van der Waals surface area contributed by atoms with Crippen molar-refractivity contribution in [3.63, 3.8) is 0 Å². The largest absolute Gasteiger partial charge is 0.497 e. The van der Waals surface area contributed by atoms with E-state index in [1.54, 1.807) is 12.1 Å². The Kier molecular flexibility index (Phi) is 7.00. The van der Waals surface area contributed by atoms with Crippen LogP contribution in [0.1, 0.15) is 5.56 Å². The van der Waals surface area contributed by atoms with Crippen LogP contribution in [0.25, 0.3) is 0 Å². The molecule has 29 heavy (non-hydrogen) atoms. The highest BCUT2D eigenvalue weighted by molar-refractivity contribution is 7.89. The van der Waals surface area contributed by atoms with Crippen molar-refractivity contribution in [2.24, 2.45) is 0 Å². The van der Waals surface area contributed by atoms with Gasteiger partial charge in [-0.2, -0.15) is 4.31 Å². The lowest BCUT2D eigenvalue weighted by molar-refractivity contribution is 0.158. The molecule has 0 N–H and O–H groups in total. The van der Waals surface area contributed by atoms with E-state index in [0.717, 1.165) is 17.9 Å². The molecule has 0 radical (unpaired) electrons. The highest BCUT2D eigenvalue weighted by Crippen LogP contribution is 2.31. The molecule has 0 amide bonds. The highest BCUT2D eigenvalue weighted by Gasteiger charge is 2.31. The van der Waals surface area contributed by atoms with Gasteiger partial charge in [-0.3, -0.25) is 4.90 Å². The standard InChI is InChI=1S/C21H28N2O5S/c1-17-5-4-6-19(15-17)28-14-13-22-9-11-23(12-10-22)29(24,25)21-16-18(26-2)7-8-20(21)27-3/h4-8,15-16H,9-14H2,1-3H3. The number of ether oxygens (including phenoxy) is 3.